The average molecular weight is 247 g/mol. The molecule has 0 aliphatic heterocycles. The molecule has 2 N–H and O–H groups in total. The van der Waals surface area contributed by atoms with Crippen LogP contribution in [-0.4, -0.2) is 9.55 Å². The quantitative estimate of drug-likeness (QED) is 0.904. The number of aromatic nitrogens is 2. The summed E-state index contributed by atoms with van der Waals surface area (Å²) in [6.07, 6.45) is 0.969. The maximum absolute atomic E-state index is 13.9. The summed E-state index contributed by atoms with van der Waals surface area (Å²) in [4.78, 5) is 4.40. The van der Waals surface area contributed by atoms with Gasteiger partial charge >= 0.3 is 0 Å². The standard InChI is InChI=1S/C14H18FN3/c1-4-7-18-10(3)17-13(14(18)16)11-8-9(2)5-6-12(11)15/h5-6,8H,4,7,16H2,1-3H3. The van der Waals surface area contributed by atoms with Crippen LogP contribution in [0.3, 0.4) is 0 Å². The van der Waals surface area contributed by atoms with Gasteiger partial charge in [0, 0.05) is 12.1 Å². The third kappa shape index (κ3) is 2.10. The molecular formula is C14H18FN3. The van der Waals surface area contributed by atoms with Crippen molar-refractivity contribution in [3.05, 3.63) is 35.4 Å². The monoisotopic (exact) mass is 247 g/mol. The van der Waals surface area contributed by atoms with Crippen molar-refractivity contribution in [1.82, 2.24) is 9.55 Å². The van der Waals surface area contributed by atoms with E-state index in [4.69, 9.17) is 5.73 Å². The van der Waals surface area contributed by atoms with Crippen LogP contribution in [0.25, 0.3) is 11.3 Å². The number of halogens is 1. The maximum Gasteiger partial charge on any atom is 0.132 e. The van der Waals surface area contributed by atoms with E-state index in [2.05, 4.69) is 11.9 Å². The third-order valence-electron chi connectivity index (χ3n) is 3.02. The van der Waals surface area contributed by atoms with Crippen molar-refractivity contribution in [3.8, 4) is 11.3 Å². The minimum absolute atomic E-state index is 0.284. The number of hydrogen-bond acceptors (Lipinski definition) is 2. The highest BCUT2D eigenvalue weighted by Gasteiger charge is 2.16. The van der Waals surface area contributed by atoms with Gasteiger partial charge in [-0.15, -0.1) is 0 Å². The first-order valence-electron chi connectivity index (χ1n) is 6.13. The third-order valence-corrected chi connectivity index (χ3v) is 3.02. The van der Waals surface area contributed by atoms with E-state index in [0.717, 1.165) is 24.4 Å². The number of aryl methyl sites for hydroxylation is 2. The Balaban J connectivity index is 2.57. The van der Waals surface area contributed by atoms with Crippen molar-refractivity contribution in [3.63, 3.8) is 0 Å². The molecule has 2 rings (SSSR count). The maximum atomic E-state index is 13.9. The van der Waals surface area contributed by atoms with E-state index < -0.39 is 0 Å². The van der Waals surface area contributed by atoms with Gasteiger partial charge in [0.15, 0.2) is 0 Å². The molecule has 96 valence electrons. The van der Waals surface area contributed by atoms with Gasteiger partial charge < -0.3 is 10.3 Å². The number of nitrogen functional groups attached to an aromatic ring is 1. The smallest absolute Gasteiger partial charge is 0.132 e. The van der Waals surface area contributed by atoms with E-state index in [0.29, 0.717) is 17.1 Å². The molecule has 0 unspecified atom stereocenters. The molecule has 0 bridgehead atoms. The fourth-order valence-corrected chi connectivity index (χ4v) is 2.11. The highest BCUT2D eigenvalue weighted by atomic mass is 19.1. The summed E-state index contributed by atoms with van der Waals surface area (Å²) in [6, 6.07) is 4.98. The summed E-state index contributed by atoms with van der Waals surface area (Å²) in [6.45, 7) is 6.70. The van der Waals surface area contributed by atoms with Crippen LogP contribution in [0, 0.1) is 19.7 Å². The second-order valence-corrected chi connectivity index (χ2v) is 4.53. The molecule has 1 heterocycles. The molecule has 0 spiro atoms. The topological polar surface area (TPSA) is 43.8 Å². The van der Waals surface area contributed by atoms with Gasteiger partial charge in [-0.3, -0.25) is 0 Å². The second kappa shape index (κ2) is 4.80. The molecule has 0 radical (unpaired) electrons. The number of hydrogen-bond donors (Lipinski definition) is 1. The van der Waals surface area contributed by atoms with E-state index in [1.165, 1.54) is 6.07 Å². The number of benzene rings is 1. The van der Waals surface area contributed by atoms with E-state index in [1.807, 2.05) is 18.4 Å². The summed E-state index contributed by atoms with van der Waals surface area (Å²) in [5, 5.41) is 0. The molecule has 0 fully saturated rings. The molecule has 1 aromatic carbocycles. The molecule has 0 aliphatic carbocycles. The fraction of sp³-hybridized carbons (Fsp3) is 0.357. The van der Waals surface area contributed by atoms with Crippen LogP contribution in [-0.2, 0) is 6.54 Å². The highest BCUT2D eigenvalue weighted by molar-refractivity contribution is 5.72. The highest BCUT2D eigenvalue weighted by Crippen LogP contribution is 2.29. The lowest BCUT2D eigenvalue weighted by atomic mass is 10.1. The predicted octanol–water partition coefficient (Wildman–Crippen LogP) is 3.30. The van der Waals surface area contributed by atoms with Crippen LogP contribution >= 0.6 is 0 Å². The zero-order valence-corrected chi connectivity index (χ0v) is 11.0. The Labute approximate surface area is 106 Å². The zero-order chi connectivity index (χ0) is 13.3. The lowest BCUT2D eigenvalue weighted by Gasteiger charge is -2.06. The van der Waals surface area contributed by atoms with Crippen LogP contribution in [0.4, 0.5) is 10.2 Å². The summed E-state index contributed by atoms with van der Waals surface area (Å²) in [7, 11) is 0. The Morgan fingerprint density at radius 1 is 1.33 bits per heavy atom. The lowest BCUT2D eigenvalue weighted by Crippen LogP contribution is -2.04. The van der Waals surface area contributed by atoms with Gasteiger partial charge in [0.1, 0.15) is 23.2 Å². The van der Waals surface area contributed by atoms with Gasteiger partial charge in [-0.25, -0.2) is 9.37 Å². The molecule has 4 heteroatoms. The van der Waals surface area contributed by atoms with E-state index in [-0.39, 0.29) is 5.82 Å². The molecule has 18 heavy (non-hydrogen) atoms. The molecule has 0 saturated heterocycles. The van der Waals surface area contributed by atoms with Gasteiger partial charge in [0.25, 0.3) is 0 Å². The largest absolute Gasteiger partial charge is 0.383 e. The van der Waals surface area contributed by atoms with Crippen molar-refractivity contribution in [2.45, 2.75) is 33.7 Å². The first-order valence-corrected chi connectivity index (χ1v) is 6.13. The van der Waals surface area contributed by atoms with E-state index in [1.54, 1.807) is 12.1 Å². The SMILES string of the molecule is CCCn1c(C)nc(-c2cc(C)ccc2F)c1N. The molecule has 2 aromatic rings. The summed E-state index contributed by atoms with van der Waals surface area (Å²) in [5.41, 5.74) is 8.09. The molecule has 3 nitrogen and oxygen atoms in total. The van der Waals surface area contributed by atoms with Gasteiger partial charge in [-0.1, -0.05) is 18.6 Å². The van der Waals surface area contributed by atoms with Crippen LogP contribution in [0.1, 0.15) is 24.7 Å². The molecule has 0 amide bonds. The fourth-order valence-electron chi connectivity index (χ4n) is 2.11. The number of imidazole rings is 1. The number of rotatable bonds is 3. The van der Waals surface area contributed by atoms with Crippen molar-refractivity contribution in [2.24, 2.45) is 0 Å². The van der Waals surface area contributed by atoms with Crippen molar-refractivity contribution < 1.29 is 4.39 Å². The van der Waals surface area contributed by atoms with Crippen molar-refractivity contribution in [2.75, 3.05) is 5.73 Å². The molecule has 1 aromatic heterocycles. The molecule has 0 aliphatic rings. The van der Waals surface area contributed by atoms with Crippen molar-refractivity contribution in [1.29, 1.82) is 0 Å². The summed E-state index contributed by atoms with van der Waals surface area (Å²) in [5.74, 6) is 1.08. The number of anilines is 1. The average Bonchev–Trinajstić information content (AvgIpc) is 2.61. The number of nitrogens with zero attached hydrogens (tertiary/aromatic N) is 2. The van der Waals surface area contributed by atoms with Crippen LogP contribution in [0.5, 0.6) is 0 Å². The lowest BCUT2D eigenvalue weighted by molar-refractivity contribution is 0.630. The van der Waals surface area contributed by atoms with Gasteiger partial charge in [-0.05, 0) is 32.4 Å². The summed E-state index contributed by atoms with van der Waals surface area (Å²) >= 11 is 0. The van der Waals surface area contributed by atoms with Crippen LogP contribution in [0.2, 0.25) is 0 Å². The number of nitrogens with two attached hydrogens (primary N) is 1. The summed E-state index contributed by atoms with van der Waals surface area (Å²) < 4.78 is 15.8. The predicted molar refractivity (Wildman–Crippen MR) is 71.8 cm³/mol. The second-order valence-electron chi connectivity index (χ2n) is 4.53. The minimum Gasteiger partial charge on any atom is -0.383 e. The molecule has 0 saturated carbocycles. The molecule has 0 atom stereocenters. The zero-order valence-electron chi connectivity index (χ0n) is 11.0. The van der Waals surface area contributed by atoms with Gasteiger partial charge in [-0.2, -0.15) is 0 Å². The first-order chi connectivity index (χ1) is 8.54. The van der Waals surface area contributed by atoms with E-state index in [9.17, 15) is 4.39 Å². The Morgan fingerprint density at radius 3 is 2.72 bits per heavy atom. The minimum atomic E-state index is -0.284. The molecular weight excluding hydrogens is 229 g/mol. The normalized spacial score (nSPS) is 10.9. The Hall–Kier alpha value is -1.84. The van der Waals surface area contributed by atoms with Crippen molar-refractivity contribution >= 4 is 5.82 Å². The first kappa shape index (κ1) is 12.6. The Kier molecular flexibility index (Phi) is 3.36. The van der Waals surface area contributed by atoms with Crippen LogP contribution in [0.15, 0.2) is 18.2 Å². The van der Waals surface area contributed by atoms with Gasteiger partial charge in [0.05, 0.1) is 0 Å². The van der Waals surface area contributed by atoms with Crippen LogP contribution < -0.4 is 5.73 Å². The van der Waals surface area contributed by atoms with Gasteiger partial charge in [0.2, 0.25) is 0 Å². The Bertz CT molecular complexity index is 573. The Morgan fingerprint density at radius 2 is 2.06 bits per heavy atom. The van der Waals surface area contributed by atoms with E-state index >= 15 is 0 Å².